The molecule has 1 fully saturated rings. The van der Waals surface area contributed by atoms with Gasteiger partial charge in [0.1, 0.15) is 0 Å². The number of hydrogen-bond acceptors (Lipinski definition) is 3. The predicted molar refractivity (Wildman–Crippen MR) is 130 cm³/mol. The summed E-state index contributed by atoms with van der Waals surface area (Å²) in [5.41, 5.74) is 3.90. The number of likely N-dealkylation sites (tertiary alicyclic amines) is 1. The number of benzene rings is 1. The van der Waals surface area contributed by atoms with Gasteiger partial charge in [-0.05, 0) is 42.0 Å². The zero-order valence-electron chi connectivity index (χ0n) is 17.3. The second-order valence-corrected chi connectivity index (χ2v) is 7.77. The number of nitrogens with zero attached hydrogens (tertiary/aromatic N) is 5. The molecule has 0 saturated carbocycles. The molecule has 2 aromatic rings. The lowest BCUT2D eigenvalue weighted by Gasteiger charge is -2.22. The van der Waals surface area contributed by atoms with E-state index in [0.717, 1.165) is 45.1 Å². The van der Waals surface area contributed by atoms with Gasteiger partial charge in [-0.15, -0.1) is 24.0 Å². The molecule has 6 nitrogen and oxygen atoms in total. The van der Waals surface area contributed by atoms with E-state index in [0.29, 0.717) is 5.92 Å². The third-order valence-electron chi connectivity index (χ3n) is 5.62. The van der Waals surface area contributed by atoms with Crippen LogP contribution in [0.15, 0.2) is 53.8 Å². The number of anilines is 1. The minimum Gasteiger partial charge on any atom is -0.364 e. The van der Waals surface area contributed by atoms with E-state index < -0.39 is 0 Å². The number of guanidine groups is 1. The maximum Gasteiger partial charge on any atom is 0.193 e. The third-order valence-corrected chi connectivity index (χ3v) is 5.62. The van der Waals surface area contributed by atoms with Gasteiger partial charge in [0.25, 0.3) is 0 Å². The number of nitrogens with one attached hydrogen (secondary N) is 1. The molecule has 29 heavy (non-hydrogen) atoms. The normalized spacial score (nSPS) is 19.0. The first-order valence-corrected chi connectivity index (χ1v) is 10.1. The highest BCUT2D eigenvalue weighted by atomic mass is 127. The Morgan fingerprint density at radius 3 is 2.79 bits per heavy atom. The Kier molecular flexibility index (Phi) is 7.57. The van der Waals surface area contributed by atoms with Gasteiger partial charge in [0.15, 0.2) is 5.96 Å². The summed E-state index contributed by atoms with van der Waals surface area (Å²) in [4.78, 5) is 9.29. The van der Waals surface area contributed by atoms with Crippen LogP contribution in [0, 0.1) is 5.92 Å². The van der Waals surface area contributed by atoms with Crippen molar-refractivity contribution in [3.8, 4) is 0 Å². The van der Waals surface area contributed by atoms with Crippen molar-refractivity contribution in [1.29, 1.82) is 0 Å². The number of aryl methyl sites for hydroxylation is 1. The van der Waals surface area contributed by atoms with Crippen LogP contribution in [-0.4, -0.2) is 53.9 Å². The lowest BCUT2D eigenvalue weighted by atomic mass is 10.0. The number of hydrogen-bond donors (Lipinski definition) is 1. The fraction of sp³-hybridized carbons (Fsp3) is 0.455. The first kappa shape index (κ1) is 21.7. The molecule has 1 aromatic heterocycles. The van der Waals surface area contributed by atoms with Gasteiger partial charge in [-0.3, -0.25) is 9.67 Å². The van der Waals surface area contributed by atoms with Crippen LogP contribution in [0.2, 0.25) is 0 Å². The molecule has 4 rings (SSSR count). The minimum atomic E-state index is 0. The number of halogens is 1. The summed E-state index contributed by atoms with van der Waals surface area (Å²) in [5.74, 6) is 1.66. The smallest absolute Gasteiger partial charge is 0.193 e. The Hall–Kier alpha value is -2.03. The molecule has 1 atom stereocenters. The first-order chi connectivity index (χ1) is 13.7. The van der Waals surface area contributed by atoms with E-state index in [1.807, 2.05) is 25.0 Å². The summed E-state index contributed by atoms with van der Waals surface area (Å²) in [7, 11) is 3.86. The van der Waals surface area contributed by atoms with Gasteiger partial charge < -0.3 is 15.1 Å². The van der Waals surface area contributed by atoms with E-state index >= 15 is 0 Å². The molecule has 156 valence electrons. The molecule has 1 saturated heterocycles. The van der Waals surface area contributed by atoms with Crippen molar-refractivity contribution in [1.82, 2.24) is 20.0 Å². The summed E-state index contributed by atoms with van der Waals surface area (Å²) in [6.07, 6.45) is 10.8. The molecule has 0 aliphatic carbocycles. The Morgan fingerprint density at radius 1 is 1.24 bits per heavy atom. The Bertz CT molecular complexity index is 850. The minimum absolute atomic E-state index is 0. The molecule has 2 aliphatic rings. The van der Waals surface area contributed by atoms with Crippen LogP contribution in [0.1, 0.15) is 17.5 Å². The largest absolute Gasteiger partial charge is 0.364 e. The predicted octanol–water partition coefficient (Wildman–Crippen LogP) is 3.05. The van der Waals surface area contributed by atoms with E-state index in [9.17, 15) is 0 Å². The topological polar surface area (TPSA) is 48.7 Å². The highest BCUT2D eigenvalue weighted by Crippen LogP contribution is 2.21. The maximum absolute atomic E-state index is 4.53. The number of aromatic nitrogens is 2. The van der Waals surface area contributed by atoms with Crippen LogP contribution in [-0.2, 0) is 20.0 Å². The van der Waals surface area contributed by atoms with Crippen molar-refractivity contribution in [2.24, 2.45) is 18.0 Å². The maximum atomic E-state index is 4.53. The molecule has 0 radical (unpaired) electrons. The Morgan fingerprint density at radius 2 is 2.07 bits per heavy atom. The second kappa shape index (κ2) is 10.1. The molecule has 1 unspecified atom stereocenters. The van der Waals surface area contributed by atoms with Crippen molar-refractivity contribution < 1.29 is 0 Å². The van der Waals surface area contributed by atoms with Gasteiger partial charge in [0.05, 0.1) is 6.20 Å². The van der Waals surface area contributed by atoms with Gasteiger partial charge >= 0.3 is 0 Å². The lowest BCUT2D eigenvalue weighted by Crippen LogP contribution is -2.39. The zero-order valence-corrected chi connectivity index (χ0v) is 19.6. The second-order valence-electron chi connectivity index (χ2n) is 7.77. The van der Waals surface area contributed by atoms with E-state index in [4.69, 9.17) is 0 Å². The first-order valence-electron chi connectivity index (χ1n) is 10.1. The van der Waals surface area contributed by atoms with E-state index in [2.05, 4.69) is 67.8 Å². The summed E-state index contributed by atoms with van der Waals surface area (Å²) >= 11 is 0. The van der Waals surface area contributed by atoms with E-state index in [1.165, 1.54) is 23.2 Å². The highest BCUT2D eigenvalue weighted by Gasteiger charge is 2.25. The standard InChI is InChI=1S/C22H30N6.HI/c1-23-22(28-11-8-19(17-28)12-20-15-25-26(2)16-20)24-14-18-6-5-7-21(13-18)27-9-3-4-10-27;/h3-7,13,15-16,19H,8-12,14,17H2,1-2H3,(H,23,24);1H. The number of rotatable bonds is 5. The molecule has 0 spiro atoms. The SMILES string of the molecule is CN=C(NCc1cccc(N2CC=CC2)c1)N1CCC(Cc2cnn(C)c2)C1.I. The van der Waals surface area contributed by atoms with Crippen molar-refractivity contribution in [2.75, 3.05) is 38.1 Å². The molecular formula is C22H31IN6. The van der Waals surface area contributed by atoms with E-state index in [1.54, 1.807) is 0 Å². The fourth-order valence-corrected chi connectivity index (χ4v) is 4.17. The fourth-order valence-electron chi connectivity index (χ4n) is 4.17. The van der Waals surface area contributed by atoms with Crippen LogP contribution in [0.5, 0.6) is 0 Å². The summed E-state index contributed by atoms with van der Waals surface area (Å²) < 4.78 is 1.88. The monoisotopic (exact) mass is 506 g/mol. The van der Waals surface area contributed by atoms with Crippen LogP contribution < -0.4 is 10.2 Å². The van der Waals surface area contributed by atoms with Gasteiger partial charge in [-0.2, -0.15) is 5.10 Å². The van der Waals surface area contributed by atoms with Gasteiger partial charge in [0.2, 0.25) is 0 Å². The molecular weight excluding hydrogens is 475 g/mol. The lowest BCUT2D eigenvalue weighted by molar-refractivity contribution is 0.459. The number of aliphatic imine (C=N–C) groups is 1. The van der Waals surface area contributed by atoms with Crippen LogP contribution in [0.4, 0.5) is 5.69 Å². The van der Waals surface area contributed by atoms with Crippen LogP contribution >= 0.6 is 24.0 Å². The van der Waals surface area contributed by atoms with Crippen molar-refractivity contribution in [2.45, 2.75) is 19.4 Å². The van der Waals surface area contributed by atoms with Gasteiger partial charge in [-0.1, -0.05) is 24.3 Å². The average molecular weight is 506 g/mol. The summed E-state index contributed by atoms with van der Waals surface area (Å²) in [6, 6.07) is 8.80. The van der Waals surface area contributed by atoms with Crippen LogP contribution in [0.25, 0.3) is 0 Å². The molecule has 7 heteroatoms. The van der Waals surface area contributed by atoms with Crippen molar-refractivity contribution in [3.05, 3.63) is 59.9 Å². The molecule has 2 aliphatic heterocycles. The molecule has 1 aromatic carbocycles. The Labute approximate surface area is 190 Å². The third kappa shape index (κ3) is 5.52. The quantitative estimate of drug-likeness (QED) is 0.293. The average Bonchev–Trinajstić information content (AvgIpc) is 3.46. The molecule has 1 N–H and O–H groups in total. The van der Waals surface area contributed by atoms with E-state index in [-0.39, 0.29) is 24.0 Å². The molecule has 0 amide bonds. The van der Waals surface area contributed by atoms with Crippen molar-refractivity contribution in [3.63, 3.8) is 0 Å². The van der Waals surface area contributed by atoms with Gasteiger partial charge in [0, 0.05) is 58.7 Å². The van der Waals surface area contributed by atoms with Crippen molar-refractivity contribution >= 4 is 35.6 Å². The Balaban J connectivity index is 0.00000240. The zero-order chi connectivity index (χ0) is 19.3. The molecule has 3 heterocycles. The molecule has 0 bridgehead atoms. The highest BCUT2D eigenvalue weighted by molar-refractivity contribution is 14.0. The van der Waals surface area contributed by atoms with Crippen LogP contribution in [0.3, 0.4) is 0 Å². The summed E-state index contributed by atoms with van der Waals surface area (Å²) in [5, 5.41) is 7.85. The summed E-state index contributed by atoms with van der Waals surface area (Å²) in [6.45, 7) is 4.92. The van der Waals surface area contributed by atoms with Gasteiger partial charge in [-0.25, -0.2) is 0 Å².